The van der Waals surface area contributed by atoms with Gasteiger partial charge >= 0.3 is 0 Å². The largest absolute Gasteiger partial charge is 0.314 e. The molecule has 1 atom stereocenters. The minimum atomic E-state index is 0.864. The second-order valence-corrected chi connectivity index (χ2v) is 5.59. The van der Waals surface area contributed by atoms with E-state index in [1.165, 1.54) is 77.2 Å². The third kappa shape index (κ3) is 4.14. The van der Waals surface area contributed by atoms with Crippen molar-refractivity contribution >= 4 is 0 Å². The molecular formula is C14H27N. The zero-order chi connectivity index (χ0) is 10.3. The summed E-state index contributed by atoms with van der Waals surface area (Å²) in [5.74, 6) is 1.04. The third-order valence-corrected chi connectivity index (χ3v) is 4.25. The molecule has 0 bridgehead atoms. The molecule has 88 valence electrons. The Labute approximate surface area is 95.0 Å². The second kappa shape index (κ2) is 6.52. The van der Waals surface area contributed by atoms with Gasteiger partial charge in [0.05, 0.1) is 0 Å². The SMILES string of the molecule is C1CCCC(C[C@@H]2CCCCN2)CCC1. The van der Waals surface area contributed by atoms with E-state index in [0.29, 0.717) is 0 Å². The molecule has 1 saturated heterocycles. The van der Waals surface area contributed by atoms with Gasteiger partial charge in [-0.2, -0.15) is 0 Å². The predicted molar refractivity (Wildman–Crippen MR) is 66.1 cm³/mol. The van der Waals surface area contributed by atoms with E-state index in [4.69, 9.17) is 0 Å². The van der Waals surface area contributed by atoms with E-state index in [1.54, 1.807) is 0 Å². The monoisotopic (exact) mass is 209 g/mol. The molecule has 15 heavy (non-hydrogen) atoms. The van der Waals surface area contributed by atoms with Crippen LogP contribution in [0.25, 0.3) is 0 Å². The normalized spacial score (nSPS) is 30.8. The Hall–Kier alpha value is -0.0400. The summed E-state index contributed by atoms with van der Waals surface area (Å²) in [6, 6.07) is 0.864. The number of nitrogens with one attached hydrogen (secondary N) is 1. The highest BCUT2D eigenvalue weighted by atomic mass is 14.9. The number of piperidine rings is 1. The van der Waals surface area contributed by atoms with Gasteiger partial charge < -0.3 is 5.32 Å². The van der Waals surface area contributed by atoms with Gasteiger partial charge in [-0.05, 0) is 31.7 Å². The van der Waals surface area contributed by atoms with Crippen LogP contribution >= 0.6 is 0 Å². The Balaban J connectivity index is 1.70. The van der Waals surface area contributed by atoms with Gasteiger partial charge in [-0.15, -0.1) is 0 Å². The second-order valence-electron chi connectivity index (χ2n) is 5.59. The van der Waals surface area contributed by atoms with E-state index in [-0.39, 0.29) is 0 Å². The van der Waals surface area contributed by atoms with Gasteiger partial charge in [0.25, 0.3) is 0 Å². The standard InChI is InChI=1S/C14H27N/c1-2-4-8-13(9-5-3-1)12-14-10-6-7-11-15-14/h13-15H,1-12H2/t14-/m0/s1. The predicted octanol–water partition coefficient (Wildman–Crippen LogP) is 3.88. The van der Waals surface area contributed by atoms with Gasteiger partial charge in [-0.3, -0.25) is 0 Å². The molecular weight excluding hydrogens is 182 g/mol. The fourth-order valence-electron chi connectivity index (χ4n) is 3.30. The van der Waals surface area contributed by atoms with Crippen LogP contribution in [0.1, 0.15) is 70.6 Å². The fourth-order valence-corrected chi connectivity index (χ4v) is 3.30. The topological polar surface area (TPSA) is 12.0 Å². The Morgan fingerprint density at radius 1 is 0.733 bits per heavy atom. The molecule has 2 fully saturated rings. The van der Waals surface area contributed by atoms with Gasteiger partial charge in [-0.25, -0.2) is 0 Å². The molecule has 0 aromatic carbocycles. The quantitative estimate of drug-likeness (QED) is 0.728. The van der Waals surface area contributed by atoms with Crippen LogP contribution in [0, 0.1) is 5.92 Å². The van der Waals surface area contributed by atoms with E-state index in [2.05, 4.69) is 5.32 Å². The van der Waals surface area contributed by atoms with Crippen molar-refractivity contribution in [3.8, 4) is 0 Å². The Bertz CT molecular complexity index is 153. The highest BCUT2D eigenvalue weighted by Gasteiger charge is 2.18. The van der Waals surface area contributed by atoms with Crippen molar-refractivity contribution < 1.29 is 0 Å². The minimum absolute atomic E-state index is 0.864. The number of hydrogen-bond donors (Lipinski definition) is 1. The lowest BCUT2D eigenvalue weighted by molar-refractivity contribution is 0.285. The van der Waals surface area contributed by atoms with Crippen LogP contribution in [0.2, 0.25) is 0 Å². The van der Waals surface area contributed by atoms with E-state index in [1.807, 2.05) is 0 Å². The summed E-state index contributed by atoms with van der Waals surface area (Å²) in [5.41, 5.74) is 0. The van der Waals surface area contributed by atoms with Crippen LogP contribution in [0.4, 0.5) is 0 Å². The van der Waals surface area contributed by atoms with Crippen LogP contribution < -0.4 is 5.32 Å². The highest BCUT2D eigenvalue weighted by Crippen LogP contribution is 2.27. The number of hydrogen-bond acceptors (Lipinski definition) is 1. The van der Waals surface area contributed by atoms with Crippen molar-refractivity contribution in [2.45, 2.75) is 76.7 Å². The lowest BCUT2D eigenvalue weighted by Crippen LogP contribution is -2.35. The van der Waals surface area contributed by atoms with E-state index >= 15 is 0 Å². The molecule has 1 N–H and O–H groups in total. The lowest BCUT2D eigenvalue weighted by Gasteiger charge is -2.28. The molecule has 0 aromatic rings. The summed E-state index contributed by atoms with van der Waals surface area (Å²) in [6.45, 7) is 1.28. The molecule has 1 heteroatoms. The van der Waals surface area contributed by atoms with Gasteiger partial charge in [-0.1, -0.05) is 51.4 Å². The van der Waals surface area contributed by atoms with Gasteiger partial charge in [0, 0.05) is 6.04 Å². The molecule has 1 saturated carbocycles. The molecule has 0 aromatic heterocycles. The maximum absolute atomic E-state index is 3.70. The van der Waals surface area contributed by atoms with Crippen molar-refractivity contribution in [1.29, 1.82) is 0 Å². The van der Waals surface area contributed by atoms with Crippen molar-refractivity contribution in [3.05, 3.63) is 0 Å². The Morgan fingerprint density at radius 2 is 1.40 bits per heavy atom. The molecule has 0 unspecified atom stereocenters. The minimum Gasteiger partial charge on any atom is -0.314 e. The summed E-state index contributed by atoms with van der Waals surface area (Å²) in [4.78, 5) is 0. The van der Waals surface area contributed by atoms with Crippen molar-refractivity contribution in [2.24, 2.45) is 5.92 Å². The molecule has 1 nitrogen and oxygen atoms in total. The molecule has 0 radical (unpaired) electrons. The summed E-state index contributed by atoms with van der Waals surface area (Å²) >= 11 is 0. The molecule has 1 aliphatic carbocycles. The summed E-state index contributed by atoms with van der Waals surface area (Å²) in [5, 5.41) is 3.70. The molecule has 0 amide bonds. The third-order valence-electron chi connectivity index (χ3n) is 4.25. The molecule has 0 spiro atoms. The molecule has 2 rings (SSSR count). The van der Waals surface area contributed by atoms with Crippen LogP contribution in [0.3, 0.4) is 0 Å². The van der Waals surface area contributed by atoms with Crippen LogP contribution in [0.5, 0.6) is 0 Å². The summed E-state index contributed by atoms with van der Waals surface area (Å²) < 4.78 is 0. The van der Waals surface area contributed by atoms with E-state index < -0.39 is 0 Å². The van der Waals surface area contributed by atoms with Crippen molar-refractivity contribution in [1.82, 2.24) is 5.32 Å². The molecule has 2 aliphatic rings. The first-order valence-corrected chi connectivity index (χ1v) is 7.18. The smallest absolute Gasteiger partial charge is 0.00697 e. The van der Waals surface area contributed by atoms with E-state index in [9.17, 15) is 0 Å². The van der Waals surface area contributed by atoms with E-state index in [0.717, 1.165) is 12.0 Å². The summed E-state index contributed by atoms with van der Waals surface area (Å²) in [7, 11) is 0. The van der Waals surface area contributed by atoms with Crippen LogP contribution in [0.15, 0.2) is 0 Å². The zero-order valence-electron chi connectivity index (χ0n) is 10.1. The van der Waals surface area contributed by atoms with Gasteiger partial charge in [0.2, 0.25) is 0 Å². The maximum atomic E-state index is 3.70. The Morgan fingerprint density at radius 3 is 2.07 bits per heavy atom. The van der Waals surface area contributed by atoms with Crippen LogP contribution in [-0.2, 0) is 0 Å². The number of rotatable bonds is 2. The van der Waals surface area contributed by atoms with Gasteiger partial charge in [0.15, 0.2) is 0 Å². The molecule has 1 aliphatic heterocycles. The summed E-state index contributed by atoms with van der Waals surface area (Å²) in [6.07, 6.45) is 16.3. The van der Waals surface area contributed by atoms with Crippen molar-refractivity contribution in [3.63, 3.8) is 0 Å². The lowest BCUT2D eigenvalue weighted by atomic mass is 9.85. The average Bonchev–Trinajstić information content (AvgIpc) is 2.23. The maximum Gasteiger partial charge on any atom is 0.00697 e. The van der Waals surface area contributed by atoms with Crippen molar-refractivity contribution in [2.75, 3.05) is 6.54 Å². The molecule has 1 heterocycles. The first-order chi connectivity index (χ1) is 7.45. The highest BCUT2D eigenvalue weighted by molar-refractivity contribution is 4.76. The fraction of sp³-hybridized carbons (Fsp3) is 1.00. The first-order valence-electron chi connectivity index (χ1n) is 7.18. The average molecular weight is 209 g/mol. The van der Waals surface area contributed by atoms with Gasteiger partial charge in [0.1, 0.15) is 0 Å². The Kier molecular flexibility index (Phi) is 4.98. The zero-order valence-corrected chi connectivity index (χ0v) is 10.1. The first kappa shape index (κ1) is 11.4. The van der Waals surface area contributed by atoms with Crippen LogP contribution in [-0.4, -0.2) is 12.6 Å².